The summed E-state index contributed by atoms with van der Waals surface area (Å²) >= 11 is 0. The molecular formula is C25H26FN5O. The molecule has 0 fully saturated rings. The summed E-state index contributed by atoms with van der Waals surface area (Å²) in [6, 6.07) is 9.49. The van der Waals surface area contributed by atoms with Crippen LogP contribution in [0.15, 0.2) is 69.8 Å². The van der Waals surface area contributed by atoms with E-state index in [0.717, 1.165) is 22.4 Å². The van der Waals surface area contributed by atoms with E-state index in [0.29, 0.717) is 29.7 Å². The van der Waals surface area contributed by atoms with Crippen molar-refractivity contribution in [1.82, 2.24) is 15.6 Å². The number of halogens is 1. The molecule has 6 nitrogen and oxygen atoms in total. The van der Waals surface area contributed by atoms with Crippen LogP contribution in [0.2, 0.25) is 0 Å². The van der Waals surface area contributed by atoms with Crippen molar-refractivity contribution in [3.63, 3.8) is 0 Å². The van der Waals surface area contributed by atoms with Gasteiger partial charge in [-0.1, -0.05) is 25.1 Å². The number of aromatic nitrogens is 1. The van der Waals surface area contributed by atoms with Gasteiger partial charge in [-0.25, -0.2) is 4.39 Å². The van der Waals surface area contributed by atoms with Crippen LogP contribution in [0.3, 0.4) is 0 Å². The van der Waals surface area contributed by atoms with Gasteiger partial charge in [0, 0.05) is 35.0 Å². The number of carbonyl (C=O) groups is 1. The molecule has 0 aliphatic carbocycles. The minimum Gasteiger partial charge on any atom is -0.362 e. The van der Waals surface area contributed by atoms with Crippen molar-refractivity contribution in [2.24, 2.45) is 10.2 Å². The second kappa shape index (κ2) is 7.08. The number of benzene rings is 1. The van der Waals surface area contributed by atoms with Gasteiger partial charge < -0.3 is 10.6 Å². The minimum absolute atomic E-state index is 0.0896. The first-order valence-corrected chi connectivity index (χ1v) is 10.9. The first kappa shape index (κ1) is 20.5. The van der Waals surface area contributed by atoms with Crippen LogP contribution in [-0.4, -0.2) is 22.6 Å². The van der Waals surface area contributed by atoms with Crippen molar-refractivity contribution in [3.05, 3.63) is 76.6 Å². The maximum Gasteiger partial charge on any atom is 0.250 e. The van der Waals surface area contributed by atoms with Gasteiger partial charge >= 0.3 is 0 Å². The summed E-state index contributed by atoms with van der Waals surface area (Å²) < 4.78 is 14.9. The van der Waals surface area contributed by atoms with E-state index >= 15 is 0 Å². The predicted octanol–water partition coefficient (Wildman–Crippen LogP) is 4.68. The van der Waals surface area contributed by atoms with E-state index in [1.54, 1.807) is 25.4 Å². The summed E-state index contributed by atoms with van der Waals surface area (Å²) in [4.78, 5) is 17.5. The maximum atomic E-state index is 14.9. The van der Waals surface area contributed by atoms with Gasteiger partial charge in [0.2, 0.25) is 0 Å². The van der Waals surface area contributed by atoms with Crippen LogP contribution in [0.5, 0.6) is 0 Å². The van der Waals surface area contributed by atoms with Crippen LogP contribution >= 0.6 is 0 Å². The number of hydrogen-bond donors (Lipinski definition) is 2. The second-order valence-electron chi connectivity index (χ2n) is 9.33. The Hall–Kier alpha value is -3.35. The molecule has 164 valence electrons. The molecule has 1 amide bonds. The number of rotatable bonds is 3. The molecule has 2 atom stereocenters. The fourth-order valence-electron chi connectivity index (χ4n) is 5.33. The fourth-order valence-corrected chi connectivity index (χ4v) is 5.33. The molecule has 0 saturated heterocycles. The Labute approximate surface area is 186 Å². The first-order chi connectivity index (χ1) is 15.3. The van der Waals surface area contributed by atoms with Crippen LogP contribution < -0.4 is 10.6 Å². The molecule has 3 aliphatic rings. The number of azo groups is 1. The highest BCUT2D eigenvalue weighted by Crippen LogP contribution is 2.51. The van der Waals surface area contributed by atoms with Crippen LogP contribution in [0.25, 0.3) is 11.1 Å². The third kappa shape index (κ3) is 2.91. The van der Waals surface area contributed by atoms with E-state index < -0.39 is 5.41 Å². The molecule has 2 aromatic rings. The lowest BCUT2D eigenvalue weighted by atomic mass is 9.62. The number of hydrogen-bond acceptors (Lipinski definition) is 5. The van der Waals surface area contributed by atoms with Crippen LogP contribution in [0.4, 0.5) is 4.39 Å². The largest absolute Gasteiger partial charge is 0.362 e. The number of fused-ring (bicyclic) bond motifs is 1. The molecular weight excluding hydrogens is 405 g/mol. The molecule has 7 heteroatoms. The lowest BCUT2D eigenvalue weighted by Crippen LogP contribution is -2.58. The molecule has 5 rings (SSSR count). The molecule has 2 N–H and O–H groups in total. The summed E-state index contributed by atoms with van der Waals surface area (Å²) in [7, 11) is 0. The summed E-state index contributed by atoms with van der Waals surface area (Å²) in [5.41, 5.74) is 4.01. The van der Waals surface area contributed by atoms with Crippen molar-refractivity contribution in [2.75, 3.05) is 0 Å². The number of nitrogens with one attached hydrogen (secondary N) is 2. The Kier molecular flexibility index (Phi) is 4.55. The van der Waals surface area contributed by atoms with Gasteiger partial charge in [0.05, 0.1) is 22.9 Å². The highest BCUT2D eigenvalue weighted by Gasteiger charge is 2.53. The third-order valence-corrected chi connectivity index (χ3v) is 6.76. The third-order valence-electron chi connectivity index (χ3n) is 6.76. The van der Waals surface area contributed by atoms with Crippen LogP contribution in [0.1, 0.15) is 44.9 Å². The van der Waals surface area contributed by atoms with E-state index in [9.17, 15) is 9.18 Å². The van der Waals surface area contributed by atoms with Gasteiger partial charge in [-0.15, -0.1) is 0 Å². The highest BCUT2D eigenvalue weighted by atomic mass is 19.1. The Morgan fingerprint density at radius 1 is 1.25 bits per heavy atom. The molecule has 1 aromatic carbocycles. The smallest absolute Gasteiger partial charge is 0.250 e. The van der Waals surface area contributed by atoms with E-state index in [1.165, 1.54) is 0 Å². The highest BCUT2D eigenvalue weighted by molar-refractivity contribution is 6.00. The van der Waals surface area contributed by atoms with E-state index in [4.69, 9.17) is 0 Å². The van der Waals surface area contributed by atoms with Gasteiger partial charge in [-0.3, -0.25) is 9.78 Å². The molecule has 0 radical (unpaired) electrons. The van der Waals surface area contributed by atoms with E-state index in [2.05, 4.69) is 32.8 Å². The molecule has 1 unspecified atom stereocenters. The zero-order valence-corrected chi connectivity index (χ0v) is 18.7. The number of amides is 1. The van der Waals surface area contributed by atoms with Gasteiger partial charge in [-0.05, 0) is 50.5 Å². The Bertz CT molecular complexity index is 1230. The zero-order valence-electron chi connectivity index (χ0n) is 18.7. The summed E-state index contributed by atoms with van der Waals surface area (Å²) in [5.74, 6) is -0.422. The van der Waals surface area contributed by atoms with Crippen LogP contribution in [-0.2, 0) is 10.2 Å². The Morgan fingerprint density at radius 3 is 2.84 bits per heavy atom. The Morgan fingerprint density at radius 2 is 2.06 bits per heavy atom. The molecule has 32 heavy (non-hydrogen) atoms. The number of carbonyl (C=O) groups excluding carboxylic acids is 1. The summed E-state index contributed by atoms with van der Waals surface area (Å²) in [6.45, 7) is 7.76. The van der Waals surface area contributed by atoms with E-state index in [1.807, 2.05) is 38.1 Å². The normalized spacial score (nSPS) is 25.6. The number of nitrogens with zero attached hydrogens (tertiary/aromatic N) is 3. The Balaban J connectivity index is 1.75. The van der Waals surface area contributed by atoms with Gasteiger partial charge in [0.1, 0.15) is 0 Å². The average molecular weight is 432 g/mol. The lowest BCUT2D eigenvalue weighted by molar-refractivity contribution is -0.120. The lowest BCUT2D eigenvalue weighted by Gasteiger charge is -2.48. The topological polar surface area (TPSA) is 78.7 Å². The SMILES string of the molecule is CC[C@@]1(c2cccc(-c3ccnc(C)c3F)c2)C2=CN=NC2NC2=C1C(=O)NC(C)(C)C2. The predicted molar refractivity (Wildman–Crippen MR) is 120 cm³/mol. The van der Waals surface area contributed by atoms with Crippen molar-refractivity contribution in [2.45, 2.75) is 57.7 Å². The average Bonchev–Trinajstić information content (AvgIpc) is 3.22. The molecule has 3 aliphatic heterocycles. The second-order valence-corrected chi connectivity index (χ2v) is 9.33. The summed E-state index contributed by atoms with van der Waals surface area (Å²) in [5, 5.41) is 15.2. The first-order valence-electron chi connectivity index (χ1n) is 10.9. The van der Waals surface area contributed by atoms with Crippen LogP contribution in [0, 0.1) is 12.7 Å². The summed E-state index contributed by atoms with van der Waals surface area (Å²) in [6.07, 6.45) is 4.40. The van der Waals surface area contributed by atoms with Crippen molar-refractivity contribution in [1.29, 1.82) is 0 Å². The zero-order chi connectivity index (χ0) is 22.7. The van der Waals surface area contributed by atoms with Crippen molar-refractivity contribution in [3.8, 4) is 11.1 Å². The van der Waals surface area contributed by atoms with Crippen molar-refractivity contribution >= 4 is 5.91 Å². The quantitative estimate of drug-likeness (QED) is 0.741. The van der Waals surface area contributed by atoms with Crippen molar-refractivity contribution < 1.29 is 9.18 Å². The molecule has 0 bridgehead atoms. The van der Waals surface area contributed by atoms with Gasteiger partial charge in [-0.2, -0.15) is 10.2 Å². The molecule has 0 saturated carbocycles. The van der Waals surface area contributed by atoms with Gasteiger partial charge in [0.25, 0.3) is 5.91 Å². The van der Waals surface area contributed by atoms with E-state index in [-0.39, 0.29) is 23.4 Å². The standard InChI is InChI=1S/C25H26FN5O/c1-5-25(16-8-6-7-15(11-16)17-9-10-27-14(2)21(17)26)18-13-28-31-22(18)29-19-12-24(3,4)30-23(32)20(19)25/h6-11,13,22,29H,5,12H2,1-4H3,(H,30,32)/t22?,25-/m1/s1. The number of pyridine rings is 1. The molecule has 4 heterocycles. The molecule has 1 aromatic heterocycles. The molecule has 0 spiro atoms. The monoisotopic (exact) mass is 431 g/mol. The fraction of sp³-hybridized carbons (Fsp3) is 0.360. The maximum absolute atomic E-state index is 14.9. The van der Waals surface area contributed by atoms with Gasteiger partial charge in [0.15, 0.2) is 12.0 Å². The number of aryl methyl sites for hydroxylation is 1. The minimum atomic E-state index is -0.704.